The zero-order valence-electron chi connectivity index (χ0n) is 9.39. The van der Waals surface area contributed by atoms with E-state index in [4.69, 9.17) is 0 Å². The highest BCUT2D eigenvalue weighted by molar-refractivity contribution is 5.21. The molecule has 2 nitrogen and oxygen atoms in total. The molecule has 0 N–H and O–H groups in total. The summed E-state index contributed by atoms with van der Waals surface area (Å²) in [6.07, 6.45) is 6.82. The molecule has 3 rings (SSSR count). The average molecular weight is 212 g/mol. The molecule has 2 aromatic rings. The van der Waals surface area contributed by atoms with Crippen LogP contribution in [0, 0.1) is 0 Å². The molecule has 0 amide bonds. The summed E-state index contributed by atoms with van der Waals surface area (Å²) < 4.78 is 2.40. The Morgan fingerprint density at radius 1 is 1.12 bits per heavy atom. The lowest BCUT2D eigenvalue weighted by Gasteiger charge is -2.16. The van der Waals surface area contributed by atoms with E-state index < -0.39 is 0 Å². The van der Waals surface area contributed by atoms with Gasteiger partial charge >= 0.3 is 0 Å². The summed E-state index contributed by atoms with van der Waals surface area (Å²) >= 11 is 0. The topological polar surface area (TPSA) is 17.8 Å². The van der Waals surface area contributed by atoms with E-state index >= 15 is 0 Å². The van der Waals surface area contributed by atoms with Gasteiger partial charge in [-0.2, -0.15) is 0 Å². The van der Waals surface area contributed by atoms with E-state index in [0.717, 1.165) is 13.0 Å². The van der Waals surface area contributed by atoms with E-state index in [1.165, 1.54) is 36.3 Å². The Morgan fingerprint density at radius 2 is 2.00 bits per heavy atom. The number of hydrogen-bond acceptors (Lipinski definition) is 1. The molecule has 0 saturated heterocycles. The quantitative estimate of drug-likeness (QED) is 0.748. The van der Waals surface area contributed by atoms with Gasteiger partial charge < -0.3 is 4.57 Å². The lowest BCUT2D eigenvalue weighted by molar-refractivity contribution is 0.518. The maximum absolute atomic E-state index is 4.56. The Morgan fingerprint density at radius 3 is 2.88 bits per heavy atom. The van der Waals surface area contributed by atoms with Gasteiger partial charge in [0.25, 0.3) is 0 Å². The van der Waals surface area contributed by atoms with E-state index in [0.29, 0.717) is 0 Å². The smallest absolute Gasteiger partial charge is 0.113 e. The second-order valence-electron chi connectivity index (χ2n) is 4.44. The highest BCUT2D eigenvalue weighted by Gasteiger charge is 2.13. The number of nitrogens with zero attached hydrogens (tertiary/aromatic N) is 2. The third-order valence-corrected chi connectivity index (χ3v) is 3.29. The maximum atomic E-state index is 4.56. The zero-order chi connectivity index (χ0) is 10.8. The number of imidazole rings is 1. The van der Waals surface area contributed by atoms with Crippen molar-refractivity contribution in [2.24, 2.45) is 0 Å². The number of aromatic nitrogens is 2. The van der Waals surface area contributed by atoms with Crippen LogP contribution in [-0.4, -0.2) is 9.55 Å². The summed E-state index contributed by atoms with van der Waals surface area (Å²) in [5.74, 6) is 1.22. The molecule has 0 saturated carbocycles. The molecule has 0 spiro atoms. The van der Waals surface area contributed by atoms with Crippen LogP contribution in [0.2, 0.25) is 0 Å². The van der Waals surface area contributed by atoms with Crippen molar-refractivity contribution in [3.05, 3.63) is 53.6 Å². The molecule has 2 heteroatoms. The number of hydrogen-bond donors (Lipinski definition) is 0. The minimum Gasteiger partial charge on any atom is -0.332 e. The van der Waals surface area contributed by atoms with Crippen molar-refractivity contribution < 1.29 is 0 Å². The number of fused-ring (bicyclic) bond motifs is 1. The van der Waals surface area contributed by atoms with Crippen LogP contribution >= 0.6 is 0 Å². The predicted molar refractivity (Wildman–Crippen MR) is 64.4 cm³/mol. The van der Waals surface area contributed by atoms with Gasteiger partial charge in [-0.1, -0.05) is 30.3 Å². The van der Waals surface area contributed by atoms with Crippen molar-refractivity contribution in [3.8, 4) is 0 Å². The fourth-order valence-electron chi connectivity index (χ4n) is 2.42. The molecule has 16 heavy (non-hydrogen) atoms. The summed E-state index contributed by atoms with van der Waals surface area (Å²) in [6.45, 7) is 1.15. The van der Waals surface area contributed by atoms with Gasteiger partial charge in [-0.25, -0.2) is 4.98 Å². The monoisotopic (exact) mass is 212 g/mol. The normalized spacial score (nSPS) is 14.8. The van der Waals surface area contributed by atoms with Crippen LogP contribution in [-0.2, 0) is 19.4 Å². The summed E-state index contributed by atoms with van der Waals surface area (Å²) in [5, 5.41) is 0. The standard InChI is InChI=1S/C14H16N2/c1-2-6-12(7-3-1)10-14-15-11-13-8-4-5-9-16(13)14/h1-3,6-7,11H,4-5,8-10H2. The zero-order valence-corrected chi connectivity index (χ0v) is 9.39. The molecule has 0 unspecified atom stereocenters. The number of rotatable bonds is 2. The molecular weight excluding hydrogens is 196 g/mol. The first kappa shape index (κ1) is 9.64. The minimum atomic E-state index is 0.959. The van der Waals surface area contributed by atoms with Crippen LogP contribution in [0.25, 0.3) is 0 Å². The molecule has 1 aliphatic rings. The van der Waals surface area contributed by atoms with Crippen LogP contribution in [0.15, 0.2) is 36.5 Å². The Balaban J connectivity index is 1.88. The van der Waals surface area contributed by atoms with Gasteiger partial charge in [0, 0.05) is 24.9 Å². The summed E-state index contributed by atoms with van der Waals surface area (Å²) in [6, 6.07) is 10.6. The van der Waals surface area contributed by atoms with E-state index in [9.17, 15) is 0 Å². The molecule has 1 aromatic carbocycles. The van der Waals surface area contributed by atoms with Crippen molar-refractivity contribution >= 4 is 0 Å². The molecule has 0 radical (unpaired) electrons. The fourth-order valence-corrected chi connectivity index (χ4v) is 2.42. The van der Waals surface area contributed by atoms with Crippen LogP contribution in [0.1, 0.15) is 29.9 Å². The highest BCUT2D eigenvalue weighted by Crippen LogP contribution is 2.18. The molecule has 1 aromatic heterocycles. The third kappa shape index (κ3) is 1.75. The number of benzene rings is 1. The van der Waals surface area contributed by atoms with Gasteiger partial charge in [0.05, 0.1) is 0 Å². The van der Waals surface area contributed by atoms with Gasteiger partial charge in [0.1, 0.15) is 5.82 Å². The van der Waals surface area contributed by atoms with Gasteiger partial charge in [-0.15, -0.1) is 0 Å². The van der Waals surface area contributed by atoms with E-state index in [1.807, 2.05) is 0 Å². The van der Waals surface area contributed by atoms with Crippen LogP contribution in [0.4, 0.5) is 0 Å². The van der Waals surface area contributed by atoms with Crippen molar-refractivity contribution in [2.75, 3.05) is 0 Å². The molecule has 0 atom stereocenters. The van der Waals surface area contributed by atoms with Crippen LogP contribution < -0.4 is 0 Å². The SMILES string of the molecule is c1ccc(Cc2ncc3n2CCCC3)cc1. The Bertz CT molecular complexity index is 471. The van der Waals surface area contributed by atoms with Crippen molar-refractivity contribution in [2.45, 2.75) is 32.2 Å². The maximum Gasteiger partial charge on any atom is 0.113 e. The largest absolute Gasteiger partial charge is 0.332 e. The minimum absolute atomic E-state index is 0.959. The molecular formula is C14H16N2. The molecule has 0 aliphatic carbocycles. The van der Waals surface area contributed by atoms with E-state index in [2.05, 4.69) is 46.1 Å². The van der Waals surface area contributed by atoms with Gasteiger partial charge in [0.2, 0.25) is 0 Å². The van der Waals surface area contributed by atoms with Crippen LogP contribution in [0.5, 0.6) is 0 Å². The number of aryl methyl sites for hydroxylation is 1. The molecule has 0 bridgehead atoms. The molecule has 82 valence electrons. The Labute approximate surface area is 95.9 Å². The fraction of sp³-hybridized carbons (Fsp3) is 0.357. The predicted octanol–water partition coefficient (Wildman–Crippen LogP) is 2.81. The van der Waals surface area contributed by atoms with E-state index in [-0.39, 0.29) is 0 Å². The lowest BCUT2D eigenvalue weighted by atomic mass is 10.1. The lowest BCUT2D eigenvalue weighted by Crippen LogP contribution is -2.12. The third-order valence-electron chi connectivity index (χ3n) is 3.29. The van der Waals surface area contributed by atoms with Crippen LogP contribution in [0.3, 0.4) is 0 Å². The van der Waals surface area contributed by atoms with Crippen molar-refractivity contribution in [1.82, 2.24) is 9.55 Å². The van der Waals surface area contributed by atoms with Gasteiger partial charge in [-0.3, -0.25) is 0 Å². The summed E-state index contributed by atoms with van der Waals surface area (Å²) in [4.78, 5) is 4.56. The first-order valence-corrected chi connectivity index (χ1v) is 6.01. The Hall–Kier alpha value is -1.57. The first-order chi connectivity index (χ1) is 7.93. The van der Waals surface area contributed by atoms with Gasteiger partial charge in [0.15, 0.2) is 0 Å². The van der Waals surface area contributed by atoms with E-state index in [1.54, 1.807) is 0 Å². The summed E-state index contributed by atoms with van der Waals surface area (Å²) in [7, 11) is 0. The average Bonchev–Trinajstić information content (AvgIpc) is 2.74. The van der Waals surface area contributed by atoms with Crippen molar-refractivity contribution in [1.29, 1.82) is 0 Å². The second-order valence-corrected chi connectivity index (χ2v) is 4.44. The highest BCUT2D eigenvalue weighted by atomic mass is 15.1. The first-order valence-electron chi connectivity index (χ1n) is 6.01. The van der Waals surface area contributed by atoms with Crippen molar-refractivity contribution in [3.63, 3.8) is 0 Å². The summed E-state index contributed by atoms with van der Waals surface area (Å²) in [5.41, 5.74) is 2.76. The molecule has 2 heterocycles. The second kappa shape index (κ2) is 4.12. The molecule has 0 fully saturated rings. The van der Waals surface area contributed by atoms with Gasteiger partial charge in [-0.05, 0) is 24.8 Å². The Kier molecular flexibility index (Phi) is 2.49. The molecule has 1 aliphatic heterocycles.